The minimum Gasteiger partial charge on any atom is -0.371 e. The van der Waals surface area contributed by atoms with E-state index < -0.39 is 0 Å². The van der Waals surface area contributed by atoms with Crippen molar-refractivity contribution in [1.82, 2.24) is 5.32 Å². The van der Waals surface area contributed by atoms with Crippen LogP contribution < -0.4 is 10.2 Å². The van der Waals surface area contributed by atoms with Crippen LogP contribution in [0.4, 0.5) is 5.69 Å². The molecule has 0 radical (unpaired) electrons. The molecule has 1 N–H and O–H groups in total. The molecule has 0 aliphatic carbocycles. The van der Waals surface area contributed by atoms with E-state index in [4.69, 9.17) is 0 Å². The third-order valence-corrected chi connectivity index (χ3v) is 5.32. The lowest BCUT2D eigenvalue weighted by molar-refractivity contribution is 0.378. The molecule has 0 saturated carbocycles. The van der Waals surface area contributed by atoms with E-state index in [1.165, 1.54) is 54.5 Å². The SMILES string of the molecule is CCCC1CCN(c2ccc(C(C)NCC)c(Br)c2)CC1. The first-order chi connectivity index (χ1) is 10.2. The van der Waals surface area contributed by atoms with Crippen molar-refractivity contribution in [1.29, 1.82) is 0 Å². The standard InChI is InChI=1S/C18H29BrN2/c1-4-6-15-9-11-21(12-10-15)16-7-8-17(18(19)13-16)14(3)20-5-2/h7-8,13-15,20H,4-6,9-12H2,1-3H3. The lowest BCUT2D eigenvalue weighted by Gasteiger charge is -2.34. The van der Waals surface area contributed by atoms with Crippen LogP contribution in [0.5, 0.6) is 0 Å². The lowest BCUT2D eigenvalue weighted by atomic mass is 9.92. The first-order valence-electron chi connectivity index (χ1n) is 8.43. The van der Waals surface area contributed by atoms with Gasteiger partial charge in [-0.25, -0.2) is 0 Å². The van der Waals surface area contributed by atoms with Crippen molar-refractivity contribution >= 4 is 21.6 Å². The minimum absolute atomic E-state index is 0.397. The van der Waals surface area contributed by atoms with Gasteiger partial charge in [0, 0.05) is 29.3 Å². The largest absolute Gasteiger partial charge is 0.371 e. The molecule has 0 spiro atoms. The Hall–Kier alpha value is -0.540. The van der Waals surface area contributed by atoms with E-state index in [1.54, 1.807) is 0 Å². The zero-order valence-electron chi connectivity index (χ0n) is 13.7. The molecule has 1 atom stereocenters. The number of nitrogens with zero attached hydrogens (tertiary/aromatic N) is 1. The van der Waals surface area contributed by atoms with Crippen LogP contribution in [-0.2, 0) is 0 Å². The molecule has 1 aliphatic heterocycles. The smallest absolute Gasteiger partial charge is 0.0377 e. The average molecular weight is 353 g/mol. The molecule has 0 aromatic heterocycles. The Morgan fingerprint density at radius 1 is 1.29 bits per heavy atom. The Morgan fingerprint density at radius 2 is 2.00 bits per heavy atom. The monoisotopic (exact) mass is 352 g/mol. The van der Waals surface area contributed by atoms with E-state index in [-0.39, 0.29) is 0 Å². The molecule has 0 amide bonds. The second-order valence-corrected chi connectivity index (χ2v) is 7.06. The molecule has 21 heavy (non-hydrogen) atoms. The molecule has 3 heteroatoms. The molecule has 1 heterocycles. The van der Waals surface area contributed by atoms with Gasteiger partial charge < -0.3 is 10.2 Å². The zero-order valence-corrected chi connectivity index (χ0v) is 15.2. The number of hydrogen-bond donors (Lipinski definition) is 1. The normalized spacial score (nSPS) is 18.0. The summed E-state index contributed by atoms with van der Waals surface area (Å²) < 4.78 is 1.23. The quantitative estimate of drug-likeness (QED) is 0.762. The minimum atomic E-state index is 0.397. The summed E-state index contributed by atoms with van der Waals surface area (Å²) in [7, 11) is 0. The van der Waals surface area contributed by atoms with E-state index in [9.17, 15) is 0 Å². The second-order valence-electron chi connectivity index (χ2n) is 6.20. The molecule has 0 bridgehead atoms. The van der Waals surface area contributed by atoms with Gasteiger partial charge in [-0.15, -0.1) is 0 Å². The Morgan fingerprint density at radius 3 is 2.57 bits per heavy atom. The summed E-state index contributed by atoms with van der Waals surface area (Å²) in [5, 5.41) is 3.48. The van der Waals surface area contributed by atoms with Gasteiger partial charge in [-0.1, -0.05) is 48.7 Å². The van der Waals surface area contributed by atoms with E-state index in [0.29, 0.717) is 6.04 Å². The van der Waals surface area contributed by atoms with Gasteiger partial charge in [0.2, 0.25) is 0 Å². The van der Waals surface area contributed by atoms with Gasteiger partial charge in [-0.05, 0) is 49.9 Å². The first-order valence-corrected chi connectivity index (χ1v) is 9.22. The van der Waals surface area contributed by atoms with Crippen molar-refractivity contribution < 1.29 is 0 Å². The molecule has 1 aromatic carbocycles. The number of nitrogens with one attached hydrogen (secondary N) is 1. The van der Waals surface area contributed by atoms with Gasteiger partial charge in [0.25, 0.3) is 0 Å². The molecule has 1 fully saturated rings. The van der Waals surface area contributed by atoms with Crippen LogP contribution in [0.3, 0.4) is 0 Å². The molecule has 1 saturated heterocycles. The van der Waals surface area contributed by atoms with Crippen LogP contribution in [0, 0.1) is 5.92 Å². The first kappa shape index (κ1) is 16.8. The maximum atomic E-state index is 3.75. The topological polar surface area (TPSA) is 15.3 Å². The van der Waals surface area contributed by atoms with Crippen LogP contribution in [0.15, 0.2) is 22.7 Å². The highest BCUT2D eigenvalue weighted by atomic mass is 79.9. The lowest BCUT2D eigenvalue weighted by Crippen LogP contribution is -2.33. The molecular weight excluding hydrogens is 324 g/mol. The number of rotatable bonds is 6. The summed E-state index contributed by atoms with van der Waals surface area (Å²) in [6.45, 7) is 10.1. The van der Waals surface area contributed by atoms with Gasteiger partial charge >= 0.3 is 0 Å². The average Bonchev–Trinajstić information content (AvgIpc) is 2.48. The summed E-state index contributed by atoms with van der Waals surface area (Å²) in [6, 6.07) is 7.25. The summed E-state index contributed by atoms with van der Waals surface area (Å²) >= 11 is 3.75. The van der Waals surface area contributed by atoms with Crippen molar-refractivity contribution in [3.05, 3.63) is 28.2 Å². The zero-order chi connectivity index (χ0) is 15.2. The number of benzene rings is 1. The fourth-order valence-corrected chi connectivity index (χ4v) is 4.08. The van der Waals surface area contributed by atoms with Crippen LogP contribution in [0.1, 0.15) is 58.1 Å². The molecule has 1 aromatic rings. The van der Waals surface area contributed by atoms with E-state index in [0.717, 1.165) is 12.5 Å². The van der Waals surface area contributed by atoms with Gasteiger partial charge in [0.1, 0.15) is 0 Å². The second kappa shape index (κ2) is 8.19. The summed E-state index contributed by atoms with van der Waals surface area (Å²) in [4.78, 5) is 2.54. The van der Waals surface area contributed by atoms with Gasteiger partial charge in [-0.2, -0.15) is 0 Å². The van der Waals surface area contributed by atoms with E-state index in [1.807, 2.05) is 0 Å². The Bertz CT molecular complexity index is 439. The molecular formula is C18H29BrN2. The third-order valence-electron chi connectivity index (χ3n) is 4.64. The predicted octanol–water partition coefficient (Wildman–Crippen LogP) is 5.14. The van der Waals surface area contributed by atoms with Gasteiger partial charge in [0.15, 0.2) is 0 Å². The van der Waals surface area contributed by atoms with E-state index >= 15 is 0 Å². The Kier molecular flexibility index (Phi) is 6.56. The van der Waals surface area contributed by atoms with Crippen molar-refractivity contribution in [2.75, 3.05) is 24.5 Å². The highest BCUT2D eigenvalue weighted by molar-refractivity contribution is 9.10. The van der Waals surface area contributed by atoms with Crippen molar-refractivity contribution in [2.24, 2.45) is 5.92 Å². The molecule has 2 rings (SSSR count). The Balaban J connectivity index is 2.00. The number of piperidine rings is 1. The van der Waals surface area contributed by atoms with Crippen molar-refractivity contribution in [2.45, 2.75) is 52.5 Å². The summed E-state index contributed by atoms with van der Waals surface area (Å²) in [5.74, 6) is 0.947. The van der Waals surface area contributed by atoms with Gasteiger partial charge in [0.05, 0.1) is 0 Å². The van der Waals surface area contributed by atoms with Gasteiger partial charge in [-0.3, -0.25) is 0 Å². The fourth-order valence-electron chi connectivity index (χ4n) is 3.37. The highest BCUT2D eigenvalue weighted by Crippen LogP contribution is 2.31. The van der Waals surface area contributed by atoms with Crippen LogP contribution in [0.25, 0.3) is 0 Å². The van der Waals surface area contributed by atoms with Crippen LogP contribution >= 0.6 is 15.9 Å². The van der Waals surface area contributed by atoms with E-state index in [2.05, 4.69) is 65.1 Å². The predicted molar refractivity (Wildman–Crippen MR) is 96.1 cm³/mol. The Labute approximate surface area is 138 Å². The molecule has 1 unspecified atom stereocenters. The fraction of sp³-hybridized carbons (Fsp3) is 0.667. The maximum Gasteiger partial charge on any atom is 0.0377 e. The molecule has 118 valence electrons. The van der Waals surface area contributed by atoms with Crippen molar-refractivity contribution in [3.8, 4) is 0 Å². The number of halogens is 1. The third kappa shape index (κ3) is 4.46. The highest BCUT2D eigenvalue weighted by Gasteiger charge is 2.19. The van der Waals surface area contributed by atoms with Crippen molar-refractivity contribution in [3.63, 3.8) is 0 Å². The maximum absolute atomic E-state index is 3.75. The molecule has 2 nitrogen and oxygen atoms in total. The number of anilines is 1. The number of hydrogen-bond acceptors (Lipinski definition) is 2. The van der Waals surface area contributed by atoms with Crippen LogP contribution in [-0.4, -0.2) is 19.6 Å². The summed E-state index contributed by atoms with van der Waals surface area (Å²) in [6.07, 6.45) is 5.42. The van der Waals surface area contributed by atoms with Crippen LogP contribution in [0.2, 0.25) is 0 Å². The molecule has 1 aliphatic rings. The summed E-state index contributed by atoms with van der Waals surface area (Å²) in [5.41, 5.74) is 2.71.